The maximum atomic E-state index is 12.5. The van der Waals surface area contributed by atoms with Crippen molar-refractivity contribution in [3.8, 4) is 0 Å². The van der Waals surface area contributed by atoms with Gasteiger partial charge in [0.1, 0.15) is 0 Å². The molecule has 0 aliphatic heterocycles. The Kier molecular flexibility index (Phi) is 4.66. The molecule has 1 unspecified atom stereocenters. The molecule has 0 saturated heterocycles. The van der Waals surface area contributed by atoms with Gasteiger partial charge >= 0.3 is 0 Å². The van der Waals surface area contributed by atoms with E-state index >= 15 is 0 Å². The van der Waals surface area contributed by atoms with E-state index in [1.807, 2.05) is 25.2 Å². The zero-order valence-electron chi connectivity index (χ0n) is 10.2. The second-order valence-electron chi connectivity index (χ2n) is 4.68. The molecule has 0 aromatic heterocycles. The summed E-state index contributed by atoms with van der Waals surface area (Å²) in [6.45, 7) is 0.536. The fraction of sp³-hybridized carbons (Fsp3) is 0.462. The first-order valence-corrected chi connectivity index (χ1v) is 7.84. The van der Waals surface area contributed by atoms with Crippen molar-refractivity contribution in [2.75, 3.05) is 13.6 Å². The highest BCUT2D eigenvalue weighted by atomic mass is 127. The predicted molar refractivity (Wildman–Crippen MR) is 84.5 cm³/mol. The van der Waals surface area contributed by atoms with Crippen molar-refractivity contribution in [3.05, 3.63) is 31.8 Å². The van der Waals surface area contributed by atoms with Gasteiger partial charge in [0.05, 0.1) is 5.56 Å². The molecule has 1 amide bonds. The molecule has 3 nitrogen and oxygen atoms in total. The number of carbonyl (C=O) groups is 1. The highest BCUT2D eigenvalue weighted by molar-refractivity contribution is 14.1. The first-order valence-electron chi connectivity index (χ1n) is 5.97. The van der Waals surface area contributed by atoms with E-state index in [0.29, 0.717) is 18.0 Å². The molecule has 1 fully saturated rings. The molecular formula is C13H16BrIN2O. The van der Waals surface area contributed by atoms with Crippen molar-refractivity contribution >= 4 is 44.4 Å². The number of carbonyl (C=O) groups excluding carboxylic acids is 1. The van der Waals surface area contributed by atoms with E-state index in [2.05, 4.69) is 38.5 Å². The molecule has 1 aromatic carbocycles. The second kappa shape index (κ2) is 5.88. The zero-order chi connectivity index (χ0) is 13.3. The molecule has 1 aromatic rings. The smallest absolute Gasteiger partial charge is 0.255 e. The Balaban J connectivity index is 2.21. The van der Waals surface area contributed by atoms with Crippen molar-refractivity contribution in [1.29, 1.82) is 0 Å². The lowest BCUT2D eigenvalue weighted by atomic mass is 10.1. The second-order valence-corrected chi connectivity index (χ2v) is 6.78. The maximum absolute atomic E-state index is 12.5. The Morgan fingerprint density at radius 2 is 2.28 bits per heavy atom. The minimum atomic E-state index is 0.0442. The number of nitrogens with two attached hydrogens (primary N) is 1. The van der Waals surface area contributed by atoms with Crippen LogP contribution in [0.15, 0.2) is 22.7 Å². The summed E-state index contributed by atoms with van der Waals surface area (Å²) in [4.78, 5) is 14.3. The van der Waals surface area contributed by atoms with Gasteiger partial charge in [0.15, 0.2) is 0 Å². The molecule has 2 N–H and O–H groups in total. The lowest BCUT2D eigenvalue weighted by molar-refractivity contribution is 0.0717. The molecule has 2 rings (SSSR count). The monoisotopic (exact) mass is 422 g/mol. The van der Waals surface area contributed by atoms with Crippen molar-refractivity contribution in [3.63, 3.8) is 0 Å². The van der Waals surface area contributed by atoms with E-state index in [9.17, 15) is 4.79 Å². The van der Waals surface area contributed by atoms with Gasteiger partial charge in [0.2, 0.25) is 0 Å². The molecule has 0 heterocycles. The first kappa shape index (κ1) is 14.3. The van der Waals surface area contributed by atoms with E-state index in [4.69, 9.17) is 5.73 Å². The Bertz CT molecular complexity index is 462. The van der Waals surface area contributed by atoms with Gasteiger partial charge < -0.3 is 10.6 Å². The van der Waals surface area contributed by atoms with Crippen molar-refractivity contribution in [2.24, 2.45) is 11.7 Å². The van der Waals surface area contributed by atoms with E-state index in [0.717, 1.165) is 8.04 Å². The third-order valence-electron chi connectivity index (χ3n) is 3.38. The van der Waals surface area contributed by atoms with Gasteiger partial charge in [-0.25, -0.2) is 0 Å². The van der Waals surface area contributed by atoms with Crippen LogP contribution < -0.4 is 5.73 Å². The minimum absolute atomic E-state index is 0.0442. The lowest BCUT2D eigenvalue weighted by Crippen LogP contribution is -2.43. The summed E-state index contributed by atoms with van der Waals surface area (Å²) in [5.74, 6) is 0.633. The molecule has 1 atom stereocenters. The lowest BCUT2D eigenvalue weighted by Gasteiger charge is -2.27. The fourth-order valence-electron chi connectivity index (χ4n) is 2.15. The summed E-state index contributed by atoms with van der Waals surface area (Å²) in [7, 11) is 1.85. The number of halogens is 2. The Hall–Kier alpha value is -0.140. The van der Waals surface area contributed by atoms with Crippen LogP contribution in [0.2, 0.25) is 0 Å². The highest BCUT2D eigenvalue weighted by Gasteiger charge is 2.35. The van der Waals surface area contributed by atoms with Gasteiger partial charge in [-0.05, 0) is 75.5 Å². The van der Waals surface area contributed by atoms with Crippen LogP contribution in [0.4, 0.5) is 0 Å². The number of nitrogens with zero attached hydrogens (tertiary/aromatic N) is 1. The van der Waals surface area contributed by atoms with Gasteiger partial charge in [-0.3, -0.25) is 4.79 Å². The van der Waals surface area contributed by atoms with Crippen molar-refractivity contribution in [1.82, 2.24) is 4.90 Å². The van der Waals surface area contributed by atoms with Crippen LogP contribution in [0.1, 0.15) is 23.2 Å². The van der Waals surface area contributed by atoms with Crippen LogP contribution >= 0.6 is 38.5 Å². The number of hydrogen-bond donors (Lipinski definition) is 1. The van der Waals surface area contributed by atoms with E-state index in [-0.39, 0.29) is 11.9 Å². The average Bonchev–Trinajstić information content (AvgIpc) is 3.16. The molecule has 0 spiro atoms. The quantitative estimate of drug-likeness (QED) is 0.758. The third-order valence-corrected chi connectivity index (χ3v) is 4.75. The van der Waals surface area contributed by atoms with Crippen LogP contribution in [0.25, 0.3) is 0 Å². The van der Waals surface area contributed by atoms with Gasteiger partial charge in [0.25, 0.3) is 5.91 Å². The number of rotatable bonds is 4. The molecule has 0 radical (unpaired) electrons. The van der Waals surface area contributed by atoms with E-state index in [1.165, 1.54) is 12.8 Å². The first-order chi connectivity index (χ1) is 8.54. The number of amides is 1. The highest BCUT2D eigenvalue weighted by Crippen LogP contribution is 2.35. The largest absolute Gasteiger partial charge is 0.337 e. The van der Waals surface area contributed by atoms with Crippen LogP contribution in [0.3, 0.4) is 0 Å². The van der Waals surface area contributed by atoms with Crippen LogP contribution in [0.5, 0.6) is 0 Å². The van der Waals surface area contributed by atoms with E-state index in [1.54, 1.807) is 4.90 Å². The van der Waals surface area contributed by atoms with Crippen LogP contribution in [-0.2, 0) is 0 Å². The standard InChI is InChI=1S/C13H16BrIN2O/c1-17(12(7-16)8-2-3-8)13(18)10-6-9(15)4-5-11(10)14/h4-6,8,12H,2-3,7,16H2,1H3. The Morgan fingerprint density at radius 3 is 2.83 bits per heavy atom. The Morgan fingerprint density at radius 1 is 1.61 bits per heavy atom. The number of hydrogen-bond acceptors (Lipinski definition) is 2. The van der Waals surface area contributed by atoms with Gasteiger partial charge in [-0.15, -0.1) is 0 Å². The van der Waals surface area contributed by atoms with Gasteiger partial charge in [-0.1, -0.05) is 0 Å². The summed E-state index contributed by atoms with van der Waals surface area (Å²) in [6.07, 6.45) is 2.37. The average molecular weight is 423 g/mol. The Labute approximate surface area is 129 Å². The van der Waals surface area contributed by atoms with Gasteiger partial charge in [-0.2, -0.15) is 0 Å². The maximum Gasteiger partial charge on any atom is 0.255 e. The minimum Gasteiger partial charge on any atom is -0.337 e. The van der Waals surface area contributed by atoms with Crippen LogP contribution in [0, 0.1) is 9.49 Å². The number of likely N-dealkylation sites (N-methyl/N-ethyl adjacent to an activating group) is 1. The summed E-state index contributed by atoms with van der Waals surface area (Å²) in [5, 5.41) is 0. The predicted octanol–water partition coefficient (Wildman–Crippen LogP) is 2.86. The summed E-state index contributed by atoms with van der Waals surface area (Å²) in [5.41, 5.74) is 6.50. The summed E-state index contributed by atoms with van der Waals surface area (Å²) >= 11 is 5.66. The molecule has 1 aliphatic carbocycles. The molecule has 5 heteroatoms. The van der Waals surface area contributed by atoms with E-state index < -0.39 is 0 Å². The molecule has 18 heavy (non-hydrogen) atoms. The van der Waals surface area contributed by atoms with Crippen LogP contribution in [-0.4, -0.2) is 30.4 Å². The summed E-state index contributed by atoms with van der Waals surface area (Å²) in [6, 6.07) is 5.96. The van der Waals surface area contributed by atoms with Crippen molar-refractivity contribution in [2.45, 2.75) is 18.9 Å². The van der Waals surface area contributed by atoms with Gasteiger partial charge in [0, 0.05) is 27.7 Å². The van der Waals surface area contributed by atoms with Crippen molar-refractivity contribution < 1.29 is 4.79 Å². The normalized spacial score (nSPS) is 16.4. The third kappa shape index (κ3) is 3.05. The summed E-state index contributed by atoms with van der Waals surface area (Å²) < 4.78 is 1.90. The molecule has 1 aliphatic rings. The molecular weight excluding hydrogens is 407 g/mol. The molecule has 98 valence electrons. The number of benzene rings is 1. The molecule has 1 saturated carbocycles. The topological polar surface area (TPSA) is 46.3 Å². The molecule has 0 bridgehead atoms. The zero-order valence-corrected chi connectivity index (χ0v) is 13.9. The SMILES string of the molecule is CN(C(=O)c1cc(I)ccc1Br)C(CN)C1CC1. The fourth-order valence-corrected chi connectivity index (χ4v) is 3.06.